The average molecular weight is 439 g/mol. The maximum Gasteiger partial charge on any atom is 0.417 e. The Labute approximate surface area is 176 Å². The minimum atomic E-state index is -4.77. The molecule has 1 aromatic heterocycles. The minimum Gasteiger partial charge on any atom is -0.493 e. The van der Waals surface area contributed by atoms with Crippen LogP contribution in [0.2, 0.25) is 0 Å². The van der Waals surface area contributed by atoms with E-state index in [-0.39, 0.29) is 28.4 Å². The van der Waals surface area contributed by atoms with Gasteiger partial charge in [-0.15, -0.1) is 0 Å². The van der Waals surface area contributed by atoms with Gasteiger partial charge in [0.1, 0.15) is 11.1 Å². The van der Waals surface area contributed by atoms with Crippen LogP contribution < -0.4 is 14.8 Å². The molecule has 1 N–H and O–H groups in total. The SMILES string of the molecule is COc1ccc(-c2cc(C(F)(F)F)c(C#N)c(SCC(=O)NC(C)C)n2)cc1OC. The first-order chi connectivity index (χ1) is 14.1. The number of thioether (sulfide) groups is 1. The molecule has 2 aromatic rings. The van der Waals surface area contributed by atoms with E-state index in [0.29, 0.717) is 17.1 Å². The van der Waals surface area contributed by atoms with E-state index in [4.69, 9.17) is 9.47 Å². The predicted molar refractivity (Wildman–Crippen MR) is 106 cm³/mol. The van der Waals surface area contributed by atoms with Gasteiger partial charge in [0.2, 0.25) is 5.91 Å². The molecule has 0 radical (unpaired) electrons. The Bertz CT molecular complexity index is 972. The van der Waals surface area contributed by atoms with E-state index in [1.165, 1.54) is 26.4 Å². The summed E-state index contributed by atoms with van der Waals surface area (Å²) in [5.41, 5.74) is -1.39. The summed E-state index contributed by atoms with van der Waals surface area (Å²) in [5, 5.41) is 11.8. The number of benzene rings is 1. The fraction of sp³-hybridized carbons (Fsp3) is 0.350. The third kappa shape index (κ3) is 5.57. The maximum atomic E-state index is 13.6. The normalized spacial score (nSPS) is 11.2. The monoisotopic (exact) mass is 439 g/mol. The lowest BCUT2D eigenvalue weighted by atomic mass is 10.0. The quantitative estimate of drug-likeness (QED) is 0.649. The van der Waals surface area contributed by atoms with Crippen LogP contribution in [-0.4, -0.2) is 36.9 Å². The number of nitrogens with one attached hydrogen (secondary N) is 1. The number of rotatable bonds is 7. The maximum absolute atomic E-state index is 13.6. The number of carbonyl (C=O) groups is 1. The van der Waals surface area contributed by atoms with E-state index in [9.17, 15) is 23.2 Å². The molecule has 0 atom stereocenters. The number of hydrogen-bond donors (Lipinski definition) is 1. The molecule has 0 saturated carbocycles. The standard InChI is InChI=1S/C20H20F3N3O3S/c1-11(2)25-18(27)10-30-19-13(9-24)14(20(21,22)23)8-15(26-19)12-5-6-16(28-3)17(7-12)29-4/h5-8,11H,10H2,1-4H3,(H,25,27). The van der Waals surface area contributed by atoms with Gasteiger partial charge in [0.05, 0.1) is 36.8 Å². The van der Waals surface area contributed by atoms with Gasteiger partial charge < -0.3 is 14.8 Å². The Hall–Kier alpha value is -2.93. The van der Waals surface area contributed by atoms with E-state index < -0.39 is 17.3 Å². The lowest BCUT2D eigenvalue weighted by Gasteiger charge is -2.15. The van der Waals surface area contributed by atoms with Crippen molar-refractivity contribution in [1.82, 2.24) is 10.3 Å². The zero-order valence-corrected chi connectivity index (χ0v) is 17.6. The van der Waals surface area contributed by atoms with Gasteiger partial charge in [-0.25, -0.2) is 4.98 Å². The van der Waals surface area contributed by atoms with Crippen molar-refractivity contribution in [3.05, 3.63) is 35.4 Å². The van der Waals surface area contributed by atoms with Crippen LogP contribution in [0.15, 0.2) is 29.3 Å². The number of ether oxygens (including phenoxy) is 2. The summed E-state index contributed by atoms with van der Waals surface area (Å²) in [5.74, 6) is 0.184. The van der Waals surface area contributed by atoms with Crippen molar-refractivity contribution in [2.45, 2.75) is 31.1 Å². The number of aromatic nitrogens is 1. The van der Waals surface area contributed by atoms with Crippen molar-refractivity contribution >= 4 is 17.7 Å². The minimum absolute atomic E-state index is 0.00551. The first-order valence-electron chi connectivity index (χ1n) is 8.77. The van der Waals surface area contributed by atoms with Gasteiger partial charge in [0, 0.05) is 11.6 Å². The van der Waals surface area contributed by atoms with Gasteiger partial charge in [-0.3, -0.25) is 4.79 Å². The van der Waals surface area contributed by atoms with Crippen molar-refractivity contribution in [1.29, 1.82) is 5.26 Å². The number of amides is 1. The first-order valence-corrected chi connectivity index (χ1v) is 9.76. The summed E-state index contributed by atoms with van der Waals surface area (Å²) in [6, 6.07) is 6.85. The van der Waals surface area contributed by atoms with E-state index in [1.807, 2.05) is 0 Å². The number of pyridine rings is 1. The topological polar surface area (TPSA) is 84.2 Å². The number of nitrogens with zero attached hydrogens (tertiary/aromatic N) is 2. The molecule has 6 nitrogen and oxygen atoms in total. The lowest BCUT2D eigenvalue weighted by Crippen LogP contribution is -2.31. The molecule has 10 heteroatoms. The molecule has 1 aromatic carbocycles. The number of halogens is 3. The molecule has 0 spiro atoms. The fourth-order valence-electron chi connectivity index (χ4n) is 2.60. The van der Waals surface area contributed by atoms with Crippen LogP contribution in [-0.2, 0) is 11.0 Å². The molecule has 0 bridgehead atoms. The number of alkyl halides is 3. The van der Waals surface area contributed by atoms with Gasteiger partial charge in [0.15, 0.2) is 11.5 Å². The largest absolute Gasteiger partial charge is 0.493 e. The number of methoxy groups -OCH3 is 2. The van der Waals surface area contributed by atoms with Crippen molar-refractivity contribution in [3.63, 3.8) is 0 Å². The van der Waals surface area contributed by atoms with Gasteiger partial charge in [-0.05, 0) is 38.1 Å². The molecule has 0 unspecified atom stereocenters. The van der Waals surface area contributed by atoms with E-state index in [2.05, 4.69) is 10.3 Å². The van der Waals surface area contributed by atoms with Crippen LogP contribution in [0.1, 0.15) is 25.0 Å². The van der Waals surface area contributed by atoms with Gasteiger partial charge >= 0.3 is 6.18 Å². The second-order valence-corrected chi connectivity index (χ2v) is 7.39. The second-order valence-electron chi connectivity index (χ2n) is 6.43. The van der Waals surface area contributed by atoms with E-state index >= 15 is 0 Å². The summed E-state index contributed by atoms with van der Waals surface area (Å²) in [4.78, 5) is 16.2. The smallest absolute Gasteiger partial charge is 0.417 e. The average Bonchev–Trinajstić information content (AvgIpc) is 2.69. The molecule has 0 saturated heterocycles. The number of carbonyl (C=O) groups excluding carboxylic acids is 1. The van der Waals surface area contributed by atoms with Crippen LogP contribution in [0.5, 0.6) is 11.5 Å². The Balaban J connectivity index is 2.57. The van der Waals surface area contributed by atoms with Crippen LogP contribution >= 0.6 is 11.8 Å². The van der Waals surface area contributed by atoms with Gasteiger partial charge in [-0.1, -0.05) is 11.8 Å². The second kappa shape index (κ2) is 9.71. The highest BCUT2D eigenvalue weighted by molar-refractivity contribution is 8.00. The molecule has 2 rings (SSSR count). The first kappa shape index (κ1) is 23.3. The molecule has 0 aliphatic rings. The number of hydrogen-bond acceptors (Lipinski definition) is 6. The lowest BCUT2D eigenvalue weighted by molar-refractivity contribution is -0.138. The van der Waals surface area contributed by atoms with Crippen molar-refractivity contribution < 1.29 is 27.4 Å². The Morgan fingerprint density at radius 1 is 1.23 bits per heavy atom. The highest BCUT2D eigenvalue weighted by atomic mass is 32.2. The zero-order chi connectivity index (χ0) is 22.5. The van der Waals surface area contributed by atoms with Crippen molar-refractivity contribution in [2.24, 2.45) is 0 Å². The summed E-state index contributed by atoms with van der Waals surface area (Å²) in [6.07, 6.45) is -4.77. The number of nitriles is 1. The Morgan fingerprint density at radius 3 is 2.43 bits per heavy atom. The van der Waals surface area contributed by atoms with E-state index in [0.717, 1.165) is 17.8 Å². The Morgan fingerprint density at radius 2 is 1.90 bits per heavy atom. The van der Waals surface area contributed by atoms with Crippen LogP contribution in [0.25, 0.3) is 11.3 Å². The highest BCUT2D eigenvalue weighted by Crippen LogP contribution is 2.39. The van der Waals surface area contributed by atoms with Crippen LogP contribution in [0.3, 0.4) is 0 Å². The molecular weight excluding hydrogens is 419 g/mol. The molecule has 1 heterocycles. The fourth-order valence-corrected chi connectivity index (χ4v) is 3.41. The molecule has 0 aliphatic heterocycles. The molecule has 1 amide bonds. The van der Waals surface area contributed by atoms with E-state index in [1.54, 1.807) is 26.0 Å². The van der Waals surface area contributed by atoms with Gasteiger partial charge in [0.25, 0.3) is 0 Å². The van der Waals surface area contributed by atoms with Crippen molar-refractivity contribution in [3.8, 4) is 28.8 Å². The highest BCUT2D eigenvalue weighted by Gasteiger charge is 2.36. The summed E-state index contributed by atoms with van der Waals surface area (Å²) in [7, 11) is 2.85. The predicted octanol–water partition coefficient (Wildman–Crippen LogP) is 4.27. The van der Waals surface area contributed by atoms with Crippen LogP contribution in [0, 0.1) is 11.3 Å². The van der Waals surface area contributed by atoms with Crippen LogP contribution in [0.4, 0.5) is 13.2 Å². The third-order valence-corrected chi connectivity index (χ3v) is 4.85. The molecule has 0 fully saturated rings. The summed E-state index contributed by atoms with van der Waals surface area (Å²) < 4.78 is 51.2. The third-order valence-electron chi connectivity index (χ3n) is 3.87. The molecule has 30 heavy (non-hydrogen) atoms. The molecular formula is C20H20F3N3O3S. The summed E-state index contributed by atoms with van der Waals surface area (Å²) in [6.45, 7) is 3.53. The van der Waals surface area contributed by atoms with Crippen molar-refractivity contribution in [2.75, 3.05) is 20.0 Å². The molecule has 160 valence electrons. The Kier molecular flexibility index (Phi) is 7.56. The molecule has 0 aliphatic carbocycles. The van der Waals surface area contributed by atoms with Gasteiger partial charge in [-0.2, -0.15) is 18.4 Å². The zero-order valence-electron chi connectivity index (χ0n) is 16.8. The summed E-state index contributed by atoms with van der Waals surface area (Å²) >= 11 is 0.777.